The number of hydrogen-bond donors (Lipinski definition) is 1. The van der Waals surface area contributed by atoms with E-state index < -0.39 is 28.8 Å². The smallest absolute Gasteiger partial charge is 0.309 e. The number of rotatable bonds is 7. The molecule has 34 heavy (non-hydrogen) atoms. The molecular formula is C28H35F3O3. The molecule has 1 aliphatic heterocycles. The minimum Gasteiger partial charge on any atom is -0.339 e. The molecule has 2 aromatic carbocycles. The quantitative estimate of drug-likeness (QED) is 0.343. The summed E-state index contributed by atoms with van der Waals surface area (Å²) in [5.41, 5.74) is 1.50. The summed E-state index contributed by atoms with van der Waals surface area (Å²) in [6.07, 6.45) is 10.4. The predicted molar refractivity (Wildman–Crippen MR) is 125 cm³/mol. The second-order valence-corrected chi connectivity index (χ2v) is 10.3. The minimum absolute atomic E-state index is 0.0757. The topological polar surface area (TPSA) is 38.7 Å². The van der Waals surface area contributed by atoms with Gasteiger partial charge < -0.3 is 14.6 Å². The highest BCUT2D eigenvalue weighted by atomic mass is 19.2. The fourth-order valence-corrected chi connectivity index (χ4v) is 5.29. The van der Waals surface area contributed by atoms with Crippen LogP contribution >= 0.6 is 0 Å². The Hall–Kier alpha value is -1.89. The summed E-state index contributed by atoms with van der Waals surface area (Å²) >= 11 is 0. The maximum Gasteiger partial charge on any atom is 0.309 e. The number of aliphatic hydroxyl groups is 1. The summed E-state index contributed by atoms with van der Waals surface area (Å²) in [7, 11) is 0. The van der Waals surface area contributed by atoms with Gasteiger partial charge in [0.1, 0.15) is 0 Å². The zero-order chi connectivity index (χ0) is 24.3. The van der Waals surface area contributed by atoms with Gasteiger partial charge in [-0.05, 0) is 60.8 Å². The lowest BCUT2D eigenvalue weighted by Gasteiger charge is -2.42. The van der Waals surface area contributed by atoms with E-state index in [0.717, 1.165) is 11.5 Å². The molecular weight excluding hydrogens is 441 g/mol. The molecule has 2 aliphatic rings. The van der Waals surface area contributed by atoms with E-state index in [4.69, 9.17) is 9.47 Å². The van der Waals surface area contributed by atoms with Crippen LogP contribution in [0.3, 0.4) is 0 Å². The molecule has 1 saturated heterocycles. The van der Waals surface area contributed by atoms with Crippen molar-refractivity contribution in [2.45, 2.75) is 82.5 Å². The number of unbranched alkanes of at least 4 members (excludes halogenated alkanes) is 2. The standard InChI is InChI=1S/C28H35F3O3/c1-3-4-5-6-19-7-9-20(10-8-19)21-11-13-22(14-12-21)27(2)17-33-28(32,34-18-27)23-15-24(29)26(31)25(30)16-23/h11-16,19-20,32H,3-10,17-18H2,1-2H3. The van der Waals surface area contributed by atoms with E-state index in [1.54, 1.807) is 0 Å². The summed E-state index contributed by atoms with van der Waals surface area (Å²) < 4.78 is 51.6. The average molecular weight is 477 g/mol. The van der Waals surface area contributed by atoms with Crippen molar-refractivity contribution in [3.05, 3.63) is 70.5 Å². The Kier molecular flexibility index (Phi) is 7.70. The monoisotopic (exact) mass is 476 g/mol. The number of ether oxygens (including phenoxy) is 2. The lowest BCUT2D eigenvalue weighted by Crippen LogP contribution is -2.49. The lowest BCUT2D eigenvalue weighted by molar-refractivity contribution is -0.406. The van der Waals surface area contributed by atoms with Crippen molar-refractivity contribution in [2.75, 3.05) is 13.2 Å². The van der Waals surface area contributed by atoms with Crippen LogP contribution in [0.15, 0.2) is 36.4 Å². The van der Waals surface area contributed by atoms with Crippen LogP contribution < -0.4 is 0 Å². The molecule has 1 saturated carbocycles. The van der Waals surface area contributed by atoms with Gasteiger partial charge in [-0.15, -0.1) is 0 Å². The highest BCUT2D eigenvalue weighted by Gasteiger charge is 2.44. The first-order chi connectivity index (χ1) is 16.2. The van der Waals surface area contributed by atoms with Crippen LogP contribution in [0.1, 0.15) is 87.8 Å². The molecule has 3 nitrogen and oxygen atoms in total. The van der Waals surface area contributed by atoms with Crippen molar-refractivity contribution in [1.29, 1.82) is 0 Å². The van der Waals surface area contributed by atoms with Crippen LogP contribution in [0.5, 0.6) is 0 Å². The summed E-state index contributed by atoms with van der Waals surface area (Å²) in [6.45, 7) is 4.36. The third-order valence-electron chi connectivity index (χ3n) is 7.66. The average Bonchev–Trinajstić information content (AvgIpc) is 2.85. The zero-order valence-electron chi connectivity index (χ0n) is 20.1. The normalized spacial score (nSPS) is 29.8. The van der Waals surface area contributed by atoms with Crippen molar-refractivity contribution in [3.8, 4) is 0 Å². The minimum atomic E-state index is -2.33. The molecule has 0 aromatic heterocycles. The molecule has 4 rings (SSSR count). The van der Waals surface area contributed by atoms with Crippen LogP contribution in [0.4, 0.5) is 13.2 Å². The van der Waals surface area contributed by atoms with E-state index in [9.17, 15) is 18.3 Å². The molecule has 6 heteroatoms. The predicted octanol–water partition coefficient (Wildman–Crippen LogP) is 7.07. The Labute approximate surface area is 200 Å². The maximum absolute atomic E-state index is 13.6. The third kappa shape index (κ3) is 5.34. The second kappa shape index (κ2) is 10.4. The highest BCUT2D eigenvalue weighted by molar-refractivity contribution is 5.32. The van der Waals surface area contributed by atoms with E-state index >= 15 is 0 Å². The molecule has 186 valence electrons. The van der Waals surface area contributed by atoms with E-state index in [0.29, 0.717) is 18.1 Å². The molecule has 2 fully saturated rings. The number of halogens is 3. The highest BCUT2D eigenvalue weighted by Crippen LogP contribution is 2.40. The Morgan fingerprint density at radius 1 is 0.882 bits per heavy atom. The van der Waals surface area contributed by atoms with Gasteiger partial charge in [-0.25, -0.2) is 13.2 Å². The van der Waals surface area contributed by atoms with Crippen LogP contribution in [-0.2, 0) is 20.9 Å². The third-order valence-corrected chi connectivity index (χ3v) is 7.66. The van der Waals surface area contributed by atoms with E-state index in [1.807, 2.05) is 6.92 Å². The molecule has 2 aromatic rings. The Morgan fingerprint density at radius 3 is 2.03 bits per heavy atom. The summed E-state index contributed by atoms with van der Waals surface area (Å²) in [6, 6.07) is 9.89. The lowest BCUT2D eigenvalue weighted by atomic mass is 9.76. The van der Waals surface area contributed by atoms with Crippen LogP contribution in [0.2, 0.25) is 0 Å². The molecule has 1 N–H and O–H groups in total. The van der Waals surface area contributed by atoms with Crippen LogP contribution in [0.25, 0.3) is 0 Å². The first-order valence-electron chi connectivity index (χ1n) is 12.5. The van der Waals surface area contributed by atoms with Crippen molar-refractivity contribution < 1.29 is 27.8 Å². The molecule has 1 heterocycles. The Morgan fingerprint density at radius 2 is 1.47 bits per heavy atom. The van der Waals surface area contributed by atoms with Crippen molar-refractivity contribution >= 4 is 0 Å². The number of benzene rings is 2. The summed E-state index contributed by atoms with van der Waals surface area (Å²) in [5, 5.41) is 10.7. The molecule has 0 bridgehead atoms. The summed E-state index contributed by atoms with van der Waals surface area (Å²) in [4.78, 5) is 0. The molecule has 0 spiro atoms. The molecule has 0 atom stereocenters. The van der Waals surface area contributed by atoms with Gasteiger partial charge in [0.05, 0.1) is 13.2 Å². The fourth-order valence-electron chi connectivity index (χ4n) is 5.29. The first-order valence-corrected chi connectivity index (χ1v) is 12.5. The Balaban J connectivity index is 1.36. The van der Waals surface area contributed by atoms with E-state index in [-0.39, 0.29) is 18.8 Å². The number of hydrogen-bond acceptors (Lipinski definition) is 3. The zero-order valence-corrected chi connectivity index (χ0v) is 20.1. The second-order valence-electron chi connectivity index (χ2n) is 10.3. The van der Waals surface area contributed by atoms with Crippen molar-refractivity contribution in [1.82, 2.24) is 0 Å². The molecule has 0 amide bonds. The van der Waals surface area contributed by atoms with E-state index in [1.165, 1.54) is 56.9 Å². The van der Waals surface area contributed by atoms with Crippen molar-refractivity contribution in [2.24, 2.45) is 5.92 Å². The van der Waals surface area contributed by atoms with Gasteiger partial charge in [-0.1, -0.05) is 63.8 Å². The van der Waals surface area contributed by atoms with Gasteiger partial charge >= 0.3 is 5.97 Å². The summed E-state index contributed by atoms with van der Waals surface area (Å²) in [5.74, 6) is -5.28. The largest absolute Gasteiger partial charge is 0.339 e. The van der Waals surface area contributed by atoms with Gasteiger partial charge in [-0.3, -0.25) is 0 Å². The fraction of sp³-hybridized carbons (Fsp3) is 0.571. The van der Waals surface area contributed by atoms with Gasteiger partial charge in [0.25, 0.3) is 0 Å². The van der Waals surface area contributed by atoms with Crippen LogP contribution in [-0.4, -0.2) is 18.3 Å². The van der Waals surface area contributed by atoms with Gasteiger partial charge in [0.2, 0.25) is 0 Å². The van der Waals surface area contributed by atoms with Gasteiger partial charge in [0.15, 0.2) is 17.5 Å². The molecule has 1 aliphatic carbocycles. The Bertz CT molecular complexity index is 936. The first kappa shape index (κ1) is 25.2. The molecule has 0 radical (unpaired) electrons. The van der Waals surface area contributed by atoms with Crippen LogP contribution in [0, 0.1) is 23.4 Å². The molecule has 0 unspecified atom stereocenters. The SMILES string of the molecule is CCCCCC1CCC(c2ccc(C3(C)COC(O)(c4cc(F)c(F)c(F)c4)OC3)cc2)CC1. The van der Waals surface area contributed by atoms with E-state index in [2.05, 4.69) is 31.2 Å². The van der Waals surface area contributed by atoms with Gasteiger partial charge in [-0.2, -0.15) is 0 Å². The van der Waals surface area contributed by atoms with Gasteiger partial charge in [0, 0.05) is 11.0 Å². The van der Waals surface area contributed by atoms with Crippen molar-refractivity contribution in [3.63, 3.8) is 0 Å². The maximum atomic E-state index is 13.6.